The van der Waals surface area contributed by atoms with E-state index in [-0.39, 0.29) is 12.1 Å². The van der Waals surface area contributed by atoms with Gasteiger partial charge in [0.25, 0.3) is 6.71 Å². The van der Waals surface area contributed by atoms with Gasteiger partial charge >= 0.3 is 12.4 Å². The van der Waals surface area contributed by atoms with Crippen LogP contribution in [0.25, 0.3) is 33.4 Å². The highest BCUT2D eigenvalue weighted by Crippen LogP contribution is 2.62. The first-order valence-electron chi connectivity index (χ1n) is 29.9. The molecule has 87 heavy (non-hydrogen) atoms. The molecule has 11 aromatic rings. The summed E-state index contributed by atoms with van der Waals surface area (Å²) < 4.78 is 86.3. The lowest BCUT2D eigenvalue weighted by Crippen LogP contribution is -2.88. The van der Waals surface area contributed by atoms with Crippen LogP contribution in [0.4, 0.5) is 71.8 Å². The smallest absolute Gasteiger partial charge is 0.334 e. The topological polar surface area (TPSA) is 9.72 Å². The Morgan fingerprint density at radius 1 is 0.379 bits per heavy atom. The van der Waals surface area contributed by atoms with Crippen LogP contribution in [0.15, 0.2) is 255 Å². The molecule has 0 N–H and O–H groups in total. The van der Waals surface area contributed by atoms with Crippen molar-refractivity contribution in [2.24, 2.45) is 0 Å². The fourth-order valence-electron chi connectivity index (χ4n) is 16.1. The number of anilines is 8. The first kappa shape index (κ1) is 53.2. The first-order chi connectivity index (χ1) is 42.2. The molecule has 0 amide bonds. The molecule has 3 nitrogen and oxygen atoms in total. The predicted molar refractivity (Wildman–Crippen MR) is 347 cm³/mol. The number of hydrogen-bond acceptors (Lipinski definition) is 3. The van der Waals surface area contributed by atoms with Crippen LogP contribution >= 0.6 is 0 Å². The summed E-state index contributed by atoms with van der Waals surface area (Å²) in [6.45, 7) is 4.58. The van der Waals surface area contributed by atoms with Gasteiger partial charge in [0.1, 0.15) is 0 Å². The Kier molecular flexibility index (Phi) is 11.8. The van der Waals surface area contributed by atoms with E-state index >= 15 is 0 Å². The average molecular weight is 1160 g/mol. The molecule has 424 valence electrons. The molecule has 4 aliphatic heterocycles. The van der Waals surface area contributed by atoms with E-state index in [0.29, 0.717) is 11.1 Å². The minimum Gasteiger partial charge on any atom is -0.334 e. The summed E-state index contributed by atoms with van der Waals surface area (Å²) in [5.41, 5.74) is 15.3. The minimum atomic E-state index is -4.52. The second-order valence-corrected chi connectivity index (χ2v) is 28.1. The van der Waals surface area contributed by atoms with Gasteiger partial charge < -0.3 is 14.7 Å². The third-order valence-corrected chi connectivity index (χ3v) is 25.0. The molecule has 0 bridgehead atoms. The number of nitrogens with zero attached hydrogens (tertiary/aromatic N) is 3. The van der Waals surface area contributed by atoms with E-state index in [1.807, 2.05) is 42.5 Å². The molecule has 1 aliphatic carbocycles. The van der Waals surface area contributed by atoms with Gasteiger partial charge in [-0.25, -0.2) is 0 Å². The van der Waals surface area contributed by atoms with E-state index in [0.717, 1.165) is 98.9 Å². The molecule has 0 spiro atoms. The number of rotatable bonds is 8. The molecule has 11 aromatic carbocycles. The molecule has 1 fully saturated rings. The highest BCUT2D eigenvalue weighted by molar-refractivity contribution is 7.27. The Morgan fingerprint density at radius 3 is 1.31 bits per heavy atom. The van der Waals surface area contributed by atoms with Crippen LogP contribution in [0.2, 0.25) is 0 Å². The summed E-state index contributed by atoms with van der Waals surface area (Å²) in [5, 5.41) is 4.92. The van der Waals surface area contributed by atoms with E-state index in [9.17, 15) is 26.3 Å². The van der Waals surface area contributed by atoms with E-state index < -0.39 is 37.1 Å². The van der Waals surface area contributed by atoms with Gasteiger partial charge in [0.05, 0.1) is 28.0 Å². The van der Waals surface area contributed by atoms with Crippen molar-refractivity contribution >= 4 is 97.4 Å². The number of alkyl halides is 6. The highest BCUT2D eigenvalue weighted by Gasteiger charge is 2.60. The maximum atomic E-state index is 14.4. The van der Waals surface area contributed by atoms with Crippen LogP contribution in [-0.2, 0) is 17.8 Å². The molecule has 0 radical (unpaired) electrons. The van der Waals surface area contributed by atoms with Gasteiger partial charge in [-0.3, -0.25) is 0 Å². The Morgan fingerprint density at radius 2 is 0.816 bits per heavy atom. The van der Waals surface area contributed by atoms with E-state index in [1.54, 1.807) is 24.3 Å². The van der Waals surface area contributed by atoms with Crippen molar-refractivity contribution in [2.75, 3.05) is 14.7 Å². The van der Waals surface area contributed by atoms with E-state index in [2.05, 4.69) is 192 Å². The van der Waals surface area contributed by atoms with Crippen LogP contribution in [-0.4, -0.2) is 20.3 Å². The second-order valence-electron chi connectivity index (χ2n) is 24.4. The second kappa shape index (κ2) is 19.3. The molecule has 0 aromatic heterocycles. The Balaban J connectivity index is 1.05. The van der Waals surface area contributed by atoms with Gasteiger partial charge in [0.15, 0.2) is 8.07 Å². The lowest BCUT2D eigenvalue weighted by atomic mass is 9.33. The zero-order chi connectivity index (χ0) is 59.2. The van der Waals surface area contributed by atoms with Crippen molar-refractivity contribution in [3.8, 4) is 33.4 Å². The lowest BCUT2D eigenvalue weighted by Gasteiger charge is -2.53. The highest BCUT2D eigenvalue weighted by atomic mass is 28.3. The van der Waals surface area contributed by atoms with Crippen LogP contribution in [0, 0.1) is 0 Å². The Hall–Kier alpha value is -9.32. The number of para-hydroxylation sites is 2. The molecule has 5 aliphatic rings. The SMILES string of the molecule is CC12CCCCC1(C)N(c1cc3c4c(c1)N(c1ccccc1-c1ccc(C(F)(F)F)cc1)c1cccc5c1B4c1c(cccc1[Si]5(c1ccccc1)c1ccccc1)N3c1ccccc1-c1ccc(C(F)(F)F)cc1)c1ccc(-c3ccccc3)cc12. The van der Waals surface area contributed by atoms with Gasteiger partial charge in [-0.1, -0.05) is 202 Å². The summed E-state index contributed by atoms with van der Waals surface area (Å²) >= 11 is 0. The van der Waals surface area contributed by atoms with Crippen molar-refractivity contribution in [2.45, 2.75) is 62.8 Å². The largest absolute Gasteiger partial charge is 0.416 e. The number of halogens is 6. The van der Waals surface area contributed by atoms with Gasteiger partial charge in [0.2, 0.25) is 0 Å². The molecule has 16 rings (SSSR count). The zero-order valence-electron chi connectivity index (χ0n) is 47.8. The summed E-state index contributed by atoms with van der Waals surface area (Å²) in [7, 11) is -3.33. The molecule has 2 atom stereocenters. The fourth-order valence-corrected chi connectivity index (χ4v) is 21.4. The summed E-state index contributed by atoms with van der Waals surface area (Å²) in [5.74, 6) is 0. The molecule has 11 heteroatoms. The van der Waals surface area contributed by atoms with Crippen LogP contribution < -0.4 is 51.8 Å². The third-order valence-electron chi connectivity index (χ3n) is 20.1. The van der Waals surface area contributed by atoms with Crippen molar-refractivity contribution in [1.82, 2.24) is 0 Å². The maximum absolute atomic E-state index is 14.4. The molecule has 4 heterocycles. The van der Waals surface area contributed by atoms with Crippen molar-refractivity contribution in [3.63, 3.8) is 0 Å². The average Bonchev–Trinajstić information content (AvgIpc) is 0.844. The van der Waals surface area contributed by atoms with Gasteiger partial charge in [-0.15, -0.1) is 0 Å². The molecule has 0 saturated heterocycles. The van der Waals surface area contributed by atoms with Crippen molar-refractivity contribution in [3.05, 3.63) is 271 Å². The fraction of sp³-hybridized carbons (Fsp3) is 0.132. The zero-order valence-corrected chi connectivity index (χ0v) is 48.8. The molecule has 1 saturated carbocycles. The monoisotopic (exact) mass is 1160 g/mol. The first-order valence-corrected chi connectivity index (χ1v) is 31.9. The van der Waals surface area contributed by atoms with Gasteiger partial charge in [-0.05, 0) is 158 Å². The van der Waals surface area contributed by atoms with Gasteiger partial charge in [0, 0.05) is 50.7 Å². The standard InChI is InChI=1S/C76H56BF6N3Si/c1-73-44-16-17-45-74(73,2)86(63-43-38-52(46-60(63)73)49-20-6-3-7-21-49)55-47-66-70-67(48-55)85(62-29-15-13-27-59(62)51-36-41-54(42-37-51)76(81,82)83)65-31-19-33-69-72(65)77(70)71-64(84(66)61-28-14-12-26-58(61)50-34-39-53(40-35-50)75(78,79)80)30-18-32-68(71)87(69,56-22-8-4-9-23-56)57-24-10-5-11-25-57/h3-15,18-43,46-48H,16-17,44-45H2,1-2H3. The van der Waals surface area contributed by atoms with Crippen molar-refractivity contribution < 1.29 is 26.3 Å². The van der Waals surface area contributed by atoms with Crippen LogP contribution in [0.1, 0.15) is 56.2 Å². The quantitative estimate of drug-likeness (QED) is 0.111. The van der Waals surface area contributed by atoms with Crippen LogP contribution in [0.5, 0.6) is 0 Å². The lowest BCUT2D eigenvalue weighted by molar-refractivity contribution is -0.138. The summed E-state index contributed by atoms with van der Waals surface area (Å²) in [4.78, 5) is 7.42. The Labute approximate surface area is 503 Å². The normalized spacial score (nSPS) is 18.5. The Bertz CT molecular complexity index is 4330. The van der Waals surface area contributed by atoms with Crippen LogP contribution in [0.3, 0.4) is 0 Å². The third kappa shape index (κ3) is 7.70. The van der Waals surface area contributed by atoms with E-state index in [4.69, 9.17) is 0 Å². The summed E-state index contributed by atoms with van der Waals surface area (Å²) in [6, 6.07) is 84.9. The van der Waals surface area contributed by atoms with Crippen molar-refractivity contribution in [1.29, 1.82) is 0 Å². The molecular formula is C76H56BF6N3Si. The van der Waals surface area contributed by atoms with E-state index in [1.165, 1.54) is 61.5 Å². The number of fused-ring (bicyclic) bond motifs is 3. The predicted octanol–water partition coefficient (Wildman–Crippen LogP) is 16.2. The van der Waals surface area contributed by atoms with Gasteiger partial charge in [-0.2, -0.15) is 26.3 Å². The maximum Gasteiger partial charge on any atom is 0.416 e. The number of benzene rings is 11. The number of hydrogen-bond donors (Lipinski definition) is 0. The minimum absolute atomic E-state index is 0.266. The molecule has 2 unspecified atom stereocenters. The molecular weight excluding hydrogens is 1110 g/mol. The summed E-state index contributed by atoms with van der Waals surface area (Å²) in [6.07, 6.45) is -4.99.